The Kier molecular flexibility index (Phi) is 6.75. The van der Waals surface area contributed by atoms with Gasteiger partial charge in [0.1, 0.15) is 17.4 Å². The fourth-order valence-corrected chi connectivity index (χ4v) is 3.36. The number of carbonyl (C=O) groups is 2. The summed E-state index contributed by atoms with van der Waals surface area (Å²) in [4.78, 5) is 26.0. The molecule has 2 aliphatic heterocycles. The highest BCUT2D eigenvalue weighted by molar-refractivity contribution is 5.82. The quantitative estimate of drug-likeness (QED) is 0.562. The van der Waals surface area contributed by atoms with Crippen LogP contribution in [0, 0.1) is 0 Å². The van der Waals surface area contributed by atoms with Gasteiger partial charge < -0.3 is 28.8 Å². The van der Waals surface area contributed by atoms with Crippen LogP contribution in [0.15, 0.2) is 11.6 Å². The van der Waals surface area contributed by atoms with Crippen LogP contribution in [0.2, 0.25) is 0 Å². The molecule has 0 saturated carbocycles. The Balaban J connectivity index is 2.31. The van der Waals surface area contributed by atoms with Crippen molar-refractivity contribution in [2.75, 3.05) is 20.8 Å². The predicted octanol–water partition coefficient (Wildman–Crippen LogP) is 1.58. The largest absolute Gasteiger partial charge is 0.466 e. The lowest BCUT2D eigenvalue weighted by molar-refractivity contribution is -0.221. The molecule has 0 radical (unpaired) electrons. The zero-order valence-corrected chi connectivity index (χ0v) is 17.6. The monoisotopic (exact) mass is 401 g/mol. The van der Waals surface area contributed by atoms with Gasteiger partial charge in [-0.2, -0.15) is 0 Å². The van der Waals surface area contributed by atoms with Gasteiger partial charge in [0.15, 0.2) is 6.29 Å². The molecule has 0 aromatic rings. The van der Waals surface area contributed by atoms with Crippen LogP contribution in [0.4, 0.5) is 4.79 Å². The number of carbonyl (C=O) groups excluding carboxylic acids is 2. The van der Waals surface area contributed by atoms with E-state index in [0.717, 1.165) is 0 Å². The molecule has 160 valence electrons. The molecule has 0 aromatic carbocycles. The molecule has 4 atom stereocenters. The van der Waals surface area contributed by atoms with E-state index in [4.69, 9.17) is 18.9 Å². The fourth-order valence-electron chi connectivity index (χ4n) is 3.36. The lowest BCUT2D eigenvalue weighted by Gasteiger charge is -2.41. The first-order chi connectivity index (χ1) is 12.9. The molecule has 2 rings (SSSR count). The number of hydrogen-bond donors (Lipinski definition) is 1. The van der Waals surface area contributed by atoms with E-state index in [2.05, 4.69) is 4.74 Å². The summed E-state index contributed by atoms with van der Waals surface area (Å²) in [6, 6.07) is -0.490. The summed E-state index contributed by atoms with van der Waals surface area (Å²) in [5.41, 5.74) is -1.17. The van der Waals surface area contributed by atoms with Gasteiger partial charge in [-0.3, -0.25) is 4.90 Å². The van der Waals surface area contributed by atoms with E-state index in [-0.39, 0.29) is 13.0 Å². The third-order valence-electron chi connectivity index (χ3n) is 4.66. The molecule has 9 nitrogen and oxygen atoms in total. The molecule has 0 aliphatic carbocycles. The van der Waals surface area contributed by atoms with Gasteiger partial charge >= 0.3 is 12.1 Å². The smallest absolute Gasteiger partial charge is 0.412 e. The van der Waals surface area contributed by atoms with Crippen molar-refractivity contribution in [2.24, 2.45) is 0 Å². The zero-order chi connectivity index (χ0) is 21.3. The molecule has 2 fully saturated rings. The maximum Gasteiger partial charge on any atom is 0.412 e. The van der Waals surface area contributed by atoms with Gasteiger partial charge in [-0.1, -0.05) is 0 Å². The number of methoxy groups -OCH3 is 2. The SMILES string of the molecule is COC(=O)/C=C1\C[C@@H]([C@@H]2COC(C)(C)N2C(=O)OC(C)(C)C)O[C@H](OC)[C@@H]1O. The topological polar surface area (TPSA) is 104 Å². The second-order valence-corrected chi connectivity index (χ2v) is 8.35. The van der Waals surface area contributed by atoms with E-state index >= 15 is 0 Å². The maximum atomic E-state index is 12.8. The molecule has 1 amide bonds. The Morgan fingerprint density at radius 1 is 1.29 bits per heavy atom. The molecule has 0 bridgehead atoms. The van der Waals surface area contributed by atoms with Crippen molar-refractivity contribution in [3.05, 3.63) is 11.6 Å². The lowest BCUT2D eigenvalue weighted by Crippen LogP contribution is -2.56. The normalized spacial score (nSPS) is 31.7. The summed E-state index contributed by atoms with van der Waals surface area (Å²) < 4.78 is 27.1. The number of hydrogen-bond acceptors (Lipinski definition) is 8. The minimum Gasteiger partial charge on any atom is -0.466 e. The minimum atomic E-state index is -1.12. The Bertz CT molecular complexity index is 624. The number of nitrogens with zero attached hydrogens (tertiary/aromatic N) is 1. The van der Waals surface area contributed by atoms with Gasteiger partial charge in [0.25, 0.3) is 0 Å². The van der Waals surface area contributed by atoms with Gasteiger partial charge in [0.05, 0.1) is 25.9 Å². The summed E-state index contributed by atoms with van der Waals surface area (Å²) in [6.07, 6.45) is -1.77. The Morgan fingerprint density at radius 3 is 2.46 bits per heavy atom. The van der Waals surface area contributed by atoms with Gasteiger partial charge in [-0.25, -0.2) is 9.59 Å². The van der Waals surface area contributed by atoms with Crippen LogP contribution in [0.5, 0.6) is 0 Å². The van der Waals surface area contributed by atoms with E-state index in [0.29, 0.717) is 5.57 Å². The predicted molar refractivity (Wildman–Crippen MR) is 98.3 cm³/mol. The van der Waals surface area contributed by atoms with Crippen LogP contribution in [0.3, 0.4) is 0 Å². The van der Waals surface area contributed by atoms with Crippen molar-refractivity contribution in [3.8, 4) is 0 Å². The molecule has 2 heterocycles. The molecule has 0 unspecified atom stereocenters. The van der Waals surface area contributed by atoms with Gasteiger partial charge in [0.2, 0.25) is 0 Å². The summed E-state index contributed by atoms with van der Waals surface area (Å²) >= 11 is 0. The Hall–Kier alpha value is -1.68. The van der Waals surface area contributed by atoms with Crippen LogP contribution in [0.1, 0.15) is 41.0 Å². The highest BCUT2D eigenvalue weighted by atomic mass is 16.7. The number of esters is 1. The van der Waals surface area contributed by atoms with Gasteiger partial charge in [0, 0.05) is 19.6 Å². The molecule has 0 spiro atoms. The zero-order valence-electron chi connectivity index (χ0n) is 17.6. The number of rotatable bonds is 3. The first-order valence-electron chi connectivity index (χ1n) is 9.20. The van der Waals surface area contributed by atoms with Crippen molar-refractivity contribution in [2.45, 2.75) is 76.9 Å². The third kappa shape index (κ3) is 5.02. The maximum absolute atomic E-state index is 12.8. The number of aliphatic hydroxyl groups is 1. The summed E-state index contributed by atoms with van der Waals surface area (Å²) in [5, 5.41) is 10.4. The molecule has 28 heavy (non-hydrogen) atoms. The molecule has 0 aromatic heterocycles. The summed E-state index contributed by atoms with van der Waals surface area (Å²) in [6.45, 7) is 9.12. The summed E-state index contributed by atoms with van der Waals surface area (Å²) in [5.74, 6) is -0.587. The average molecular weight is 401 g/mol. The standard InChI is InChI=1S/C19H31NO8/c1-18(2,3)28-17(23)20-12(10-26-19(20,4)5)13-8-11(9-14(21)24-6)15(22)16(25-7)27-13/h9,12-13,15-16,22H,8,10H2,1-7H3/b11-9+/t12-,13-,15+,16-/m0/s1. The van der Waals surface area contributed by atoms with E-state index in [1.54, 1.807) is 34.6 Å². The second-order valence-electron chi connectivity index (χ2n) is 8.35. The van der Waals surface area contributed by atoms with Crippen LogP contribution >= 0.6 is 0 Å². The molecular weight excluding hydrogens is 370 g/mol. The van der Waals surface area contributed by atoms with Crippen molar-refractivity contribution in [1.82, 2.24) is 4.90 Å². The highest BCUT2D eigenvalue weighted by Crippen LogP contribution is 2.36. The van der Waals surface area contributed by atoms with Crippen molar-refractivity contribution in [3.63, 3.8) is 0 Å². The third-order valence-corrected chi connectivity index (χ3v) is 4.66. The van der Waals surface area contributed by atoms with Crippen LogP contribution in [-0.2, 0) is 28.5 Å². The first kappa shape index (κ1) is 22.6. The molecule has 1 N–H and O–H groups in total. The van der Waals surface area contributed by atoms with E-state index in [1.165, 1.54) is 25.2 Å². The van der Waals surface area contributed by atoms with Crippen molar-refractivity contribution in [1.29, 1.82) is 0 Å². The fraction of sp³-hybridized carbons (Fsp3) is 0.789. The number of aliphatic hydroxyl groups excluding tert-OH is 1. The van der Waals surface area contributed by atoms with E-state index in [9.17, 15) is 14.7 Å². The van der Waals surface area contributed by atoms with Crippen LogP contribution < -0.4 is 0 Å². The molecule has 9 heteroatoms. The van der Waals surface area contributed by atoms with Gasteiger partial charge in [-0.05, 0) is 40.2 Å². The number of ether oxygens (including phenoxy) is 5. The van der Waals surface area contributed by atoms with Crippen LogP contribution in [0.25, 0.3) is 0 Å². The van der Waals surface area contributed by atoms with E-state index in [1.807, 2.05) is 0 Å². The Labute approximate surface area is 165 Å². The van der Waals surface area contributed by atoms with E-state index < -0.39 is 47.9 Å². The molecular formula is C19H31NO8. The molecule has 2 aliphatic rings. The van der Waals surface area contributed by atoms with Gasteiger partial charge in [-0.15, -0.1) is 0 Å². The highest BCUT2D eigenvalue weighted by Gasteiger charge is 2.51. The average Bonchev–Trinajstić information content (AvgIpc) is 2.90. The Morgan fingerprint density at radius 2 is 1.93 bits per heavy atom. The summed E-state index contributed by atoms with van der Waals surface area (Å²) in [7, 11) is 2.65. The second kappa shape index (κ2) is 8.36. The van der Waals surface area contributed by atoms with Crippen LogP contribution in [-0.4, -0.2) is 78.8 Å². The van der Waals surface area contributed by atoms with Crippen molar-refractivity contribution < 1.29 is 38.4 Å². The minimum absolute atomic E-state index is 0.208. The van der Waals surface area contributed by atoms with Crippen molar-refractivity contribution >= 4 is 12.1 Å². The first-order valence-corrected chi connectivity index (χ1v) is 9.20. The lowest BCUT2D eigenvalue weighted by atomic mass is 9.93. The number of amides is 1. The molecule has 2 saturated heterocycles.